The van der Waals surface area contributed by atoms with Crippen LogP contribution in [0.15, 0.2) is 11.2 Å². The van der Waals surface area contributed by atoms with E-state index in [1.54, 1.807) is 18.9 Å². The van der Waals surface area contributed by atoms with Gasteiger partial charge in [0.05, 0.1) is 30.4 Å². The van der Waals surface area contributed by atoms with Crippen molar-refractivity contribution in [2.45, 2.75) is 50.7 Å². The number of ether oxygens (including phenoxy) is 1. The van der Waals surface area contributed by atoms with Gasteiger partial charge in [-0.3, -0.25) is 4.98 Å². The molecule has 3 N–H and O–H groups in total. The Balaban J connectivity index is 1.52. The van der Waals surface area contributed by atoms with E-state index < -0.39 is 0 Å². The molecular weight excluding hydrogens is 398 g/mol. The molecule has 3 aromatic rings. The van der Waals surface area contributed by atoms with Gasteiger partial charge in [0, 0.05) is 35.5 Å². The Morgan fingerprint density at radius 3 is 2.90 bits per heavy atom. The number of hydrogen-bond donors (Lipinski definition) is 2. The molecule has 1 aliphatic carbocycles. The van der Waals surface area contributed by atoms with Gasteiger partial charge in [-0.1, -0.05) is 0 Å². The number of anilines is 1. The Kier molecular flexibility index (Phi) is 5.02. The van der Waals surface area contributed by atoms with Gasteiger partial charge in [0.1, 0.15) is 10.8 Å². The summed E-state index contributed by atoms with van der Waals surface area (Å²) < 4.78 is 7.49. The molecule has 8 nitrogen and oxygen atoms in total. The monoisotopic (exact) mass is 425 g/mol. The molecule has 1 aliphatic heterocycles. The third-order valence-electron chi connectivity index (χ3n) is 5.95. The molecule has 0 aromatic carbocycles. The van der Waals surface area contributed by atoms with Crippen LogP contribution in [0.5, 0.6) is 5.75 Å². The molecule has 0 spiro atoms. The van der Waals surface area contributed by atoms with Crippen molar-refractivity contribution >= 4 is 28.7 Å². The predicted molar refractivity (Wildman–Crippen MR) is 118 cm³/mol. The minimum Gasteiger partial charge on any atom is -0.496 e. The molecule has 4 heterocycles. The fourth-order valence-electron chi connectivity index (χ4n) is 4.12. The van der Waals surface area contributed by atoms with E-state index in [1.165, 1.54) is 12.8 Å². The van der Waals surface area contributed by atoms with Crippen LogP contribution in [-0.2, 0) is 13.0 Å². The van der Waals surface area contributed by atoms with Crippen molar-refractivity contribution in [2.24, 2.45) is 5.92 Å². The second kappa shape index (κ2) is 7.70. The van der Waals surface area contributed by atoms with E-state index in [0.29, 0.717) is 12.6 Å². The van der Waals surface area contributed by atoms with Crippen molar-refractivity contribution in [1.29, 1.82) is 0 Å². The normalized spacial score (nSPS) is 18.6. The van der Waals surface area contributed by atoms with Crippen LogP contribution in [0.25, 0.3) is 11.0 Å². The summed E-state index contributed by atoms with van der Waals surface area (Å²) >= 11 is 1.74. The number of methoxy groups -OCH3 is 1. The second-order valence-corrected chi connectivity index (χ2v) is 9.31. The number of nitrogen functional groups attached to an aromatic ring is 1. The zero-order chi connectivity index (χ0) is 20.8. The van der Waals surface area contributed by atoms with Crippen LogP contribution < -0.4 is 15.8 Å². The van der Waals surface area contributed by atoms with Crippen molar-refractivity contribution in [3.63, 3.8) is 0 Å². The quantitative estimate of drug-likeness (QED) is 0.581. The van der Waals surface area contributed by atoms with E-state index in [1.807, 2.05) is 24.7 Å². The van der Waals surface area contributed by atoms with Gasteiger partial charge in [0.2, 0.25) is 5.95 Å². The summed E-state index contributed by atoms with van der Waals surface area (Å²) in [5.41, 5.74) is 10.8. The van der Waals surface area contributed by atoms with Crippen LogP contribution >= 0.6 is 11.8 Å². The smallest absolute Gasteiger partial charge is 0.223 e. The molecule has 158 valence electrons. The fraction of sp³-hybridized carbons (Fsp3) is 0.524. The molecule has 9 heteroatoms. The summed E-state index contributed by atoms with van der Waals surface area (Å²) in [6.07, 6.45) is 5.41. The van der Waals surface area contributed by atoms with Gasteiger partial charge in [-0.25, -0.2) is 9.67 Å². The van der Waals surface area contributed by atoms with E-state index in [-0.39, 0.29) is 5.95 Å². The van der Waals surface area contributed by atoms with Gasteiger partial charge in [0.15, 0.2) is 5.65 Å². The molecule has 1 saturated carbocycles. The molecular formula is C21H27N7OS. The highest BCUT2D eigenvalue weighted by molar-refractivity contribution is 7.99. The number of nitrogens with two attached hydrogens (primary N) is 1. The number of aryl methyl sites for hydroxylation is 1. The second-order valence-electron chi connectivity index (χ2n) is 8.30. The number of nitrogens with one attached hydrogen (secondary N) is 1. The molecule has 0 radical (unpaired) electrons. The van der Waals surface area contributed by atoms with E-state index >= 15 is 0 Å². The average Bonchev–Trinajstić information content (AvgIpc) is 3.50. The summed E-state index contributed by atoms with van der Waals surface area (Å²) in [6.45, 7) is 5.64. The van der Waals surface area contributed by atoms with Crippen LogP contribution in [0.3, 0.4) is 0 Å². The highest BCUT2D eigenvalue weighted by Gasteiger charge is 2.28. The summed E-state index contributed by atoms with van der Waals surface area (Å²) in [6, 6.07) is 0.372. The Hall–Kier alpha value is -2.39. The third-order valence-corrected chi connectivity index (χ3v) is 7.09. The van der Waals surface area contributed by atoms with Gasteiger partial charge < -0.3 is 15.8 Å². The summed E-state index contributed by atoms with van der Waals surface area (Å²) in [7, 11) is 1.69. The van der Waals surface area contributed by atoms with Gasteiger partial charge in [-0.05, 0) is 39.2 Å². The lowest BCUT2D eigenvalue weighted by Gasteiger charge is -2.15. The lowest BCUT2D eigenvalue weighted by atomic mass is 10.1. The zero-order valence-corrected chi connectivity index (χ0v) is 18.4. The number of nitrogens with zero attached hydrogens (tertiary/aromatic N) is 5. The van der Waals surface area contributed by atoms with Crippen molar-refractivity contribution < 1.29 is 4.74 Å². The lowest BCUT2D eigenvalue weighted by Crippen LogP contribution is -2.34. The molecule has 2 aliphatic rings. The maximum Gasteiger partial charge on any atom is 0.223 e. The van der Waals surface area contributed by atoms with Crippen molar-refractivity contribution in [2.75, 3.05) is 25.1 Å². The van der Waals surface area contributed by atoms with E-state index in [4.69, 9.17) is 15.6 Å². The maximum absolute atomic E-state index is 6.06. The first kappa shape index (κ1) is 19.6. The molecule has 1 atom stereocenters. The Bertz CT molecular complexity index is 1110. The van der Waals surface area contributed by atoms with E-state index in [2.05, 4.69) is 20.3 Å². The Morgan fingerprint density at radius 1 is 1.30 bits per heavy atom. The number of rotatable bonds is 6. The third kappa shape index (κ3) is 3.60. The zero-order valence-electron chi connectivity index (χ0n) is 17.6. The number of pyridine rings is 1. The van der Waals surface area contributed by atoms with E-state index in [0.717, 1.165) is 69.0 Å². The van der Waals surface area contributed by atoms with Crippen LogP contribution in [0.2, 0.25) is 0 Å². The number of hydrogen-bond acceptors (Lipinski definition) is 8. The SMILES string of the molecule is COc1c(C)cnc(Cn2nc3c4c(nc(N)nc42)SCC(NCC2CC2)C3)c1C. The molecule has 0 saturated heterocycles. The molecule has 1 unspecified atom stereocenters. The lowest BCUT2D eigenvalue weighted by molar-refractivity contribution is 0.406. The first-order valence-electron chi connectivity index (χ1n) is 10.4. The summed E-state index contributed by atoms with van der Waals surface area (Å²) in [5, 5.41) is 10.6. The van der Waals surface area contributed by atoms with Crippen LogP contribution in [-0.4, -0.2) is 50.2 Å². The van der Waals surface area contributed by atoms with Gasteiger partial charge in [-0.15, -0.1) is 11.8 Å². The Morgan fingerprint density at radius 2 is 2.13 bits per heavy atom. The first-order chi connectivity index (χ1) is 14.5. The van der Waals surface area contributed by atoms with Crippen LogP contribution in [0, 0.1) is 19.8 Å². The van der Waals surface area contributed by atoms with Crippen LogP contribution in [0.4, 0.5) is 5.95 Å². The van der Waals surface area contributed by atoms with Gasteiger partial charge >= 0.3 is 0 Å². The van der Waals surface area contributed by atoms with Crippen molar-refractivity contribution in [3.8, 4) is 5.75 Å². The predicted octanol–water partition coefficient (Wildman–Crippen LogP) is 2.49. The highest BCUT2D eigenvalue weighted by Crippen LogP contribution is 2.34. The molecule has 5 rings (SSSR count). The highest BCUT2D eigenvalue weighted by atomic mass is 32.2. The molecule has 3 aromatic heterocycles. The average molecular weight is 426 g/mol. The number of thioether (sulfide) groups is 1. The van der Waals surface area contributed by atoms with E-state index in [9.17, 15) is 0 Å². The molecule has 0 amide bonds. The van der Waals surface area contributed by atoms with Crippen LogP contribution in [0.1, 0.15) is 35.4 Å². The first-order valence-corrected chi connectivity index (χ1v) is 11.4. The van der Waals surface area contributed by atoms with Gasteiger partial charge in [0.25, 0.3) is 0 Å². The molecule has 0 bridgehead atoms. The summed E-state index contributed by atoms with van der Waals surface area (Å²) in [4.78, 5) is 13.7. The topological polar surface area (TPSA) is 104 Å². The maximum atomic E-state index is 6.06. The van der Waals surface area contributed by atoms with Crippen molar-refractivity contribution in [1.82, 2.24) is 30.0 Å². The van der Waals surface area contributed by atoms with Crippen molar-refractivity contribution in [3.05, 3.63) is 28.7 Å². The molecule has 30 heavy (non-hydrogen) atoms. The Labute approximate surface area is 180 Å². The number of aromatic nitrogens is 5. The largest absolute Gasteiger partial charge is 0.496 e. The standard InChI is InChI=1S/C21H27N7OS/c1-11-7-24-16(12(2)18(11)29-3)9-28-19-17-15(27-28)6-14(23-8-13-4-5-13)10-30-20(17)26-21(22)25-19/h7,13-14,23H,4-6,8-10H2,1-3H3,(H2,22,25,26). The summed E-state index contributed by atoms with van der Waals surface area (Å²) in [5.74, 6) is 2.96. The molecule has 1 fully saturated rings. The fourth-order valence-corrected chi connectivity index (χ4v) is 5.22. The van der Waals surface area contributed by atoms with Gasteiger partial charge in [-0.2, -0.15) is 10.1 Å². The minimum absolute atomic E-state index is 0.285. The minimum atomic E-state index is 0.285.